The SMILES string of the molecule is C#Cc1cc(-c2ccccn2)nc(-c2ccccn2)c1. The fraction of sp³-hybridized carbons (Fsp3) is 0. The van der Waals surface area contributed by atoms with E-state index in [1.165, 1.54) is 0 Å². The summed E-state index contributed by atoms with van der Waals surface area (Å²) < 4.78 is 0. The highest BCUT2D eigenvalue weighted by Gasteiger charge is 2.07. The van der Waals surface area contributed by atoms with E-state index in [4.69, 9.17) is 6.42 Å². The number of aromatic nitrogens is 3. The van der Waals surface area contributed by atoms with Crippen LogP contribution < -0.4 is 0 Å². The van der Waals surface area contributed by atoms with Crippen LogP contribution >= 0.6 is 0 Å². The number of rotatable bonds is 2. The molecule has 20 heavy (non-hydrogen) atoms. The first kappa shape index (κ1) is 12.1. The molecule has 0 spiro atoms. The number of hydrogen-bond donors (Lipinski definition) is 0. The van der Waals surface area contributed by atoms with E-state index in [-0.39, 0.29) is 0 Å². The second kappa shape index (κ2) is 5.33. The first-order chi connectivity index (χ1) is 9.86. The average molecular weight is 257 g/mol. The van der Waals surface area contributed by atoms with Gasteiger partial charge in [0.15, 0.2) is 0 Å². The molecule has 0 aromatic carbocycles. The van der Waals surface area contributed by atoms with Crippen molar-refractivity contribution in [1.29, 1.82) is 0 Å². The lowest BCUT2D eigenvalue weighted by Crippen LogP contribution is -1.93. The maximum atomic E-state index is 5.53. The van der Waals surface area contributed by atoms with Crippen molar-refractivity contribution in [2.75, 3.05) is 0 Å². The Labute approximate surface area is 117 Å². The maximum Gasteiger partial charge on any atom is 0.0906 e. The second-order valence-electron chi connectivity index (χ2n) is 4.20. The van der Waals surface area contributed by atoms with Crippen molar-refractivity contribution >= 4 is 0 Å². The van der Waals surface area contributed by atoms with Gasteiger partial charge >= 0.3 is 0 Å². The predicted octanol–water partition coefficient (Wildman–Crippen LogP) is 3.19. The molecule has 0 saturated heterocycles. The van der Waals surface area contributed by atoms with Crippen LogP contribution in [0.2, 0.25) is 0 Å². The van der Waals surface area contributed by atoms with E-state index in [2.05, 4.69) is 20.9 Å². The van der Waals surface area contributed by atoms with Crippen LogP contribution in [0.3, 0.4) is 0 Å². The lowest BCUT2D eigenvalue weighted by molar-refractivity contribution is 1.21. The van der Waals surface area contributed by atoms with Crippen LogP contribution in [0.5, 0.6) is 0 Å². The molecule has 0 aliphatic heterocycles. The molecular formula is C17H11N3. The second-order valence-corrected chi connectivity index (χ2v) is 4.20. The van der Waals surface area contributed by atoms with Gasteiger partial charge in [0.25, 0.3) is 0 Å². The molecule has 3 heterocycles. The van der Waals surface area contributed by atoms with Crippen molar-refractivity contribution in [3.05, 3.63) is 66.5 Å². The van der Waals surface area contributed by atoms with Crippen molar-refractivity contribution in [2.45, 2.75) is 0 Å². The van der Waals surface area contributed by atoms with Gasteiger partial charge in [-0.3, -0.25) is 9.97 Å². The molecule has 0 aliphatic carbocycles. The molecule has 0 aliphatic rings. The summed E-state index contributed by atoms with van der Waals surface area (Å²) in [6, 6.07) is 15.1. The summed E-state index contributed by atoms with van der Waals surface area (Å²) in [5.74, 6) is 2.65. The van der Waals surface area contributed by atoms with E-state index < -0.39 is 0 Å². The summed E-state index contributed by atoms with van der Waals surface area (Å²) in [7, 11) is 0. The Morgan fingerprint density at radius 3 is 1.70 bits per heavy atom. The molecule has 94 valence electrons. The molecule has 0 fully saturated rings. The summed E-state index contributed by atoms with van der Waals surface area (Å²) in [4.78, 5) is 13.2. The minimum absolute atomic E-state index is 0.752. The third kappa shape index (κ3) is 2.40. The predicted molar refractivity (Wildman–Crippen MR) is 78.6 cm³/mol. The molecule has 0 atom stereocenters. The fourth-order valence-electron chi connectivity index (χ4n) is 1.90. The summed E-state index contributed by atoms with van der Waals surface area (Å²) >= 11 is 0. The molecule has 3 aromatic rings. The number of terminal acetylenes is 1. The first-order valence-electron chi connectivity index (χ1n) is 6.18. The highest BCUT2D eigenvalue weighted by atomic mass is 14.8. The van der Waals surface area contributed by atoms with Gasteiger partial charge in [0.1, 0.15) is 0 Å². The van der Waals surface area contributed by atoms with Gasteiger partial charge in [-0.15, -0.1) is 6.42 Å². The van der Waals surface area contributed by atoms with Crippen molar-refractivity contribution in [3.8, 4) is 35.1 Å². The highest BCUT2D eigenvalue weighted by Crippen LogP contribution is 2.21. The number of pyridine rings is 3. The van der Waals surface area contributed by atoms with E-state index in [1.54, 1.807) is 12.4 Å². The Hall–Kier alpha value is -2.99. The lowest BCUT2D eigenvalue weighted by Gasteiger charge is -2.05. The van der Waals surface area contributed by atoms with Gasteiger partial charge in [0, 0.05) is 18.0 Å². The molecule has 0 amide bonds. The van der Waals surface area contributed by atoms with Crippen LogP contribution in [0.4, 0.5) is 0 Å². The Balaban J connectivity index is 2.16. The topological polar surface area (TPSA) is 38.7 Å². The van der Waals surface area contributed by atoms with E-state index in [0.717, 1.165) is 28.3 Å². The van der Waals surface area contributed by atoms with Crippen molar-refractivity contribution in [1.82, 2.24) is 15.0 Å². The van der Waals surface area contributed by atoms with Crippen molar-refractivity contribution < 1.29 is 0 Å². The Morgan fingerprint density at radius 2 is 1.30 bits per heavy atom. The molecule has 0 bridgehead atoms. The monoisotopic (exact) mass is 257 g/mol. The Morgan fingerprint density at radius 1 is 0.750 bits per heavy atom. The average Bonchev–Trinajstić information content (AvgIpc) is 2.56. The van der Waals surface area contributed by atoms with E-state index in [0.29, 0.717) is 0 Å². The highest BCUT2D eigenvalue weighted by molar-refractivity contribution is 5.65. The van der Waals surface area contributed by atoms with Crippen LogP contribution in [0.15, 0.2) is 60.9 Å². The summed E-state index contributed by atoms with van der Waals surface area (Å²) in [6.45, 7) is 0. The summed E-state index contributed by atoms with van der Waals surface area (Å²) in [5.41, 5.74) is 3.85. The minimum atomic E-state index is 0.752. The van der Waals surface area contributed by atoms with E-state index >= 15 is 0 Å². The lowest BCUT2D eigenvalue weighted by atomic mass is 10.1. The third-order valence-corrected chi connectivity index (χ3v) is 2.85. The summed E-state index contributed by atoms with van der Waals surface area (Å²) in [5, 5.41) is 0. The molecule has 3 heteroatoms. The van der Waals surface area contributed by atoms with Gasteiger partial charge in [0.2, 0.25) is 0 Å². The third-order valence-electron chi connectivity index (χ3n) is 2.85. The van der Waals surface area contributed by atoms with Gasteiger partial charge in [-0.05, 0) is 36.4 Å². The zero-order valence-corrected chi connectivity index (χ0v) is 10.7. The first-order valence-corrected chi connectivity index (χ1v) is 6.18. The molecule has 0 saturated carbocycles. The van der Waals surface area contributed by atoms with Crippen LogP contribution in [-0.2, 0) is 0 Å². The van der Waals surface area contributed by atoms with Crippen molar-refractivity contribution in [2.24, 2.45) is 0 Å². The smallest absolute Gasteiger partial charge is 0.0906 e. The molecule has 0 radical (unpaired) electrons. The zero-order valence-electron chi connectivity index (χ0n) is 10.7. The largest absolute Gasteiger partial charge is 0.255 e. The van der Waals surface area contributed by atoms with Crippen LogP contribution in [-0.4, -0.2) is 15.0 Å². The Bertz CT molecular complexity index is 701. The van der Waals surface area contributed by atoms with E-state index in [9.17, 15) is 0 Å². The van der Waals surface area contributed by atoms with Gasteiger partial charge in [-0.1, -0.05) is 18.1 Å². The van der Waals surface area contributed by atoms with Gasteiger partial charge in [-0.25, -0.2) is 4.98 Å². The molecule has 3 rings (SSSR count). The number of hydrogen-bond acceptors (Lipinski definition) is 3. The molecule has 3 aromatic heterocycles. The standard InChI is InChI=1S/C17H11N3/c1-2-13-11-16(14-7-3-5-9-18-14)20-17(12-13)15-8-4-6-10-19-15/h1,3-12H. The van der Waals surface area contributed by atoms with Gasteiger partial charge in [-0.2, -0.15) is 0 Å². The maximum absolute atomic E-state index is 5.53. The fourth-order valence-corrected chi connectivity index (χ4v) is 1.90. The van der Waals surface area contributed by atoms with Crippen LogP contribution in [0.25, 0.3) is 22.8 Å². The zero-order chi connectivity index (χ0) is 13.8. The van der Waals surface area contributed by atoms with Gasteiger partial charge < -0.3 is 0 Å². The van der Waals surface area contributed by atoms with Crippen molar-refractivity contribution in [3.63, 3.8) is 0 Å². The molecule has 0 N–H and O–H groups in total. The summed E-state index contributed by atoms with van der Waals surface area (Å²) in [6.07, 6.45) is 9.00. The van der Waals surface area contributed by atoms with Crippen LogP contribution in [0.1, 0.15) is 5.56 Å². The normalized spacial score (nSPS) is 9.95. The van der Waals surface area contributed by atoms with Crippen LogP contribution in [0, 0.1) is 12.3 Å². The Kier molecular flexibility index (Phi) is 3.22. The van der Waals surface area contributed by atoms with Gasteiger partial charge in [0.05, 0.1) is 22.8 Å². The molecule has 3 nitrogen and oxygen atoms in total. The minimum Gasteiger partial charge on any atom is -0.255 e. The number of nitrogens with zero attached hydrogens (tertiary/aromatic N) is 3. The molecular weight excluding hydrogens is 246 g/mol. The quantitative estimate of drug-likeness (QED) is 0.662. The van der Waals surface area contributed by atoms with E-state index in [1.807, 2.05) is 48.5 Å². The molecule has 0 unspecified atom stereocenters.